The molecule has 0 radical (unpaired) electrons. The Labute approximate surface area is 179 Å². The third kappa shape index (κ3) is 5.72. The Morgan fingerprint density at radius 3 is 2.50 bits per heavy atom. The Morgan fingerprint density at radius 2 is 1.90 bits per heavy atom. The molecule has 0 saturated heterocycles. The molecule has 0 bridgehead atoms. The van der Waals surface area contributed by atoms with Crippen LogP contribution in [-0.2, 0) is 26.6 Å². The quantitative estimate of drug-likeness (QED) is 0.445. The number of aromatic nitrogens is 4. The van der Waals surface area contributed by atoms with Crippen molar-refractivity contribution in [2.75, 3.05) is 6.54 Å². The molecule has 0 spiro atoms. The Kier molecular flexibility index (Phi) is 7.27. The molecule has 3 rings (SSSR count). The first-order chi connectivity index (χ1) is 14.5. The van der Waals surface area contributed by atoms with E-state index in [0.29, 0.717) is 6.54 Å². The van der Waals surface area contributed by atoms with Gasteiger partial charge in [-0.1, -0.05) is 24.3 Å². The molecule has 0 aliphatic rings. The van der Waals surface area contributed by atoms with E-state index >= 15 is 0 Å². The molecular weight excluding hydrogens is 374 g/mol. The van der Waals surface area contributed by atoms with Gasteiger partial charge in [0.05, 0.1) is 18.6 Å². The summed E-state index contributed by atoms with van der Waals surface area (Å²) in [6.07, 6.45) is 6.53. The van der Waals surface area contributed by atoms with E-state index in [1.165, 1.54) is 22.4 Å². The van der Waals surface area contributed by atoms with Crippen LogP contribution in [-0.4, -0.2) is 37.9 Å². The lowest BCUT2D eigenvalue weighted by Crippen LogP contribution is -2.43. The van der Waals surface area contributed by atoms with Crippen LogP contribution in [0.4, 0.5) is 0 Å². The predicted octanol–water partition coefficient (Wildman–Crippen LogP) is 2.97. The molecular formula is C23H33N7. The third-order valence-electron chi connectivity index (χ3n) is 5.26. The van der Waals surface area contributed by atoms with Gasteiger partial charge in [0, 0.05) is 44.3 Å². The molecule has 30 heavy (non-hydrogen) atoms. The summed E-state index contributed by atoms with van der Waals surface area (Å²) in [5, 5.41) is 11.4. The highest BCUT2D eigenvalue weighted by molar-refractivity contribution is 5.80. The number of rotatable bonds is 8. The van der Waals surface area contributed by atoms with E-state index in [1.54, 1.807) is 6.20 Å². The highest BCUT2D eigenvalue weighted by atomic mass is 15.3. The van der Waals surface area contributed by atoms with Crippen LogP contribution < -0.4 is 10.6 Å². The molecule has 1 atom stereocenters. The van der Waals surface area contributed by atoms with Crippen molar-refractivity contribution in [1.82, 2.24) is 30.0 Å². The molecule has 1 unspecified atom stereocenters. The van der Waals surface area contributed by atoms with Crippen molar-refractivity contribution >= 4 is 5.96 Å². The average Bonchev–Trinajstić information content (AvgIpc) is 3.31. The van der Waals surface area contributed by atoms with Crippen molar-refractivity contribution in [3.05, 3.63) is 71.1 Å². The van der Waals surface area contributed by atoms with Crippen molar-refractivity contribution in [3.8, 4) is 0 Å². The van der Waals surface area contributed by atoms with Gasteiger partial charge in [-0.25, -0.2) is 9.98 Å². The number of hydrogen-bond donors (Lipinski definition) is 2. The normalized spacial score (nSPS) is 12.8. The van der Waals surface area contributed by atoms with Gasteiger partial charge in [0.15, 0.2) is 5.96 Å². The van der Waals surface area contributed by atoms with E-state index in [-0.39, 0.29) is 6.04 Å². The lowest BCUT2D eigenvalue weighted by molar-refractivity contribution is 0.636. The Hall–Kier alpha value is -3.09. The summed E-state index contributed by atoms with van der Waals surface area (Å²) >= 11 is 0. The summed E-state index contributed by atoms with van der Waals surface area (Å²) in [7, 11) is 2.00. The van der Waals surface area contributed by atoms with Crippen molar-refractivity contribution < 1.29 is 0 Å². The summed E-state index contributed by atoms with van der Waals surface area (Å²) in [4.78, 5) is 8.87. The zero-order valence-corrected chi connectivity index (χ0v) is 18.7. The highest BCUT2D eigenvalue weighted by Gasteiger charge is 2.14. The lowest BCUT2D eigenvalue weighted by Gasteiger charge is -2.18. The van der Waals surface area contributed by atoms with Gasteiger partial charge < -0.3 is 15.2 Å². The minimum absolute atomic E-state index is 0.252. The molecule has 0 amide bonds. The summed E-state index contributed by atoms with van der Waals surface area (Å²) in [6, 6.07) is 8.85. The van der Waals surface area contributed by atoms with E-state index in [2.05, 4.69) is 77.2 Å². The van der Waals surface area contributed by atoms with Crippen molar-refractivity contribution in [2.24, 2.45) is 12.0 Å². The molecule has 1 aromatic carbocycles. The maximum absolute atomic E-state index is 4.78. The lowest BCUT2D eigenvalue weighted by atomic mass is 10.1. The van der Waals surface area contributed by atoms with Crippen molar-refractivity contribution in [1.29, 1.82) is 0 Å². The standard InChI is InChI=1S/C23H33N7/c1-6-25-23(27-17(2)13-22-18(3)28-29(5)19(22)4)26-14-20-7-9-21(10-8-20)15-30-12-11-24-16-30/h7-12,16-17H,6,13-15H2,1-5H3,(H2,25,26,27). The molecule has 160 valence electrons. The fourth-order valence-corrected chi connectivity index (χ4v) is 3.54. The van der Waals surface area contributed by atoms with E-state index in [0.717, 1.165) is 31.2 Å². The number of aryl methyl sites for hydroxylation is 2. The van der Waals surface area contributed by atoms with Crippen LogP contribution in [0.25, 0.3) is 0 Å². The summed E-state index contributed by atoms with van der Waals surface area (Å²) in [5.74, 6) is 0.840. The van der Waals surface area contributed by atoms with Crippen LogP contribution in [0.3, 0.4) is 0 Å². The zero-order chi connectivity index (χ0) is 21.5. The number of imidazole rings is 1. The summed E-state index contributed by atoms with van der Waals surface area (Å²) in [5.41, 5.74) is 6.07. The second kappa shape index (κ2) is 10.1. The molecule has 2 heterocycles. The Balaban J connectivity index is 1.59. The number of nitrogens with zero attached hydrogens (tertiary/aromatic N) is 5. The Bertz CT molecular complexity index is 952. The second-order valence-corrected chi connectivity index (χ2v) is 7.77. The maximum Gasteiger partial charge on any atom is 0.191 e. The van der Waals surface area contributed by atoms with Gasteiger partial charge in [0.25, 0.3) is 0 Å². The zero-order valence-electron chi connectivity index (χ0n) is 18.7. The molecule has 2 N–H and O–H groups in total. The van der Waals surface area contributed by atoms with Gasteiger partial charge in [-0.05, 0) is 50.8 Å². The minimum atomic E-state index is 0.252. The molecule has 3 aromatic rings. The first kappa shape index (κ1) is 21.6. The molecule has 0 fully saturated rings. The second-order valence-electron chi connectivity index (χ2n) is 7.77. The van der Waals surface area contributed by atoms with Crippen LogP contribution in [0.2, 0.25) is 0 Å². The maximum atomic E-state index is 4.78. The first-order valence-corrected chi connectivity index (χ1v) is 10.5. The van der Waals surface area contributed by atoms with Gasteiger partial charge in [-0.3, -0.25) is 4.68 Å². The van der Waals surface area contributed by atoms with Gasteiger partial charge in [-0.2, -0.15) is 5.10 Å². The summed E-state index contributed by atoms with van der Waals surface area (Å²) < 4.78 is 4.01. The van der Waals surface area contributed by atoms with Gasteiger partial charge in [-0.15, -0.1) is 0 Å². The fraction of sp³-hybridized carbons (Fsp3) is 0.435. The van der Waals surface area contributed by atoms with Crippen molar-refractivity contribution in [3.63, 3.8) is 0 Å². The minimum Gasteiger partial charge on any atom is -0.357 e. The molecule has 7 nitrogen and oxygen atoms in total. The monoisotopic (exact) mass is 407 g/mol. The van der Waals surface area contributed by atoms with Crippen LogP contribution in [0.1, 0.15) is 41.9 Å². The highest BCUT2D eigenvalue weighted by Crippen LogP contribution is 2.14. The largest absolute Gasteiger partial charge is 0.357 e. The number of nitrogens with one attached hydrogen (secondary N) is 2. The molecule has 7 heteroatoms. The topological polar surface area (TPSA) is 72.1 Å². The van der Waals surface area contributed by atoms with E-state index < -0.39 is 0 Å². The van der Waals surface area contributed by atoms with E-state index in [4.69, 9.17) is 4.99 Å². The number of hydrogen-bond acceptors (Lipinski definition) is 3. The molecule has 0 aliphatic heterocycles. The summed E-state index contributed by atoms with van der Waals surface area (Å²) in [6.45, 7) is 10.8. The van der Waals surface area contributed by atoms with Crippen LogP contribution in [0.5, 0.6) is 0 Å². The SMILES string of the molecule is CCNC(=NCc1ccc(Cn2ccnc2)cc1)NC(C)Cc1c(C)nn(C)c1C. The first-order valence-electron chi connectivity index (χ1n) is 10.5. The number of aliphatic imine (C=N–C) groups is 1. The fourth-order valence-electron chi connectivity index (χ4n) is 3.54. The van der Waals surface area contributed by atoms with Crippen LogP contribution in [0.15, 0.2) is 48.0 Å². The predicted molar refractivity (Wildman–Crippen MR) is 122 cm³/mol. The van der Waals surface area contributed by atoms with Crippen molar-refractivity contribution in [2.45, 2.75) is 53.2 Å². The average molecular weight is 408 g/mol. The Morgan fingerprint density at radius 1 is 1.17 bits per heavy atom. The number of benzene rings is 1. The van der Waals surface area contributed by atoms with Crippen LogP contribution in [0, 0.1) is 13.8 Å². The number of guanidine groups is 1. The smallest absolute Gasteiger partial charge is 0.191 e. The van der Waals surface area contributed by atoms with Crippen LogP contribution >= 0.6 is 0 Å². The molecule has 0 aliphatic carbocycles. The van der Waals surface area contributed by atoms with E-state index in [1.807, 2.05) is 24.3 Å². The van der Waals surface area contributed by atoms with Gasteiger partial charge in [0.1, 0.15) is 0 Å². The van der Waals surface area contributed by atoms with Gasteiger partial charge >= 0.3 is 0 Å². The van der Waals surface area contributed by atoms with E-state index in [9.17, 15) is 0 Å². The molecule has 2 aromatic heterocycles. The van der Waals surface area contributed by atoms with Gasteiger partial charge in [0.2, 0.25) is 0 Å². The molecule has 0 saturated carbocycles. The third-order valence-corrected chi connectivity index (χ3v) is 5.26.